The molecule has 4 rings (SSSR count). The van der Waals surface area contributed by atoms with E-state index >= 15 is 0 Å². The summed E-state index contributed by atoms with van der Waals surface area (Å²) in [6.45, 7) is 3.73. The molecule has 30 heavy (non-hydrogen) atoms. The standard InChI is InChI=1S/C22H19ClN6O/c1-14-12-15(2)25-22(24-14)27-26-21(30)19-13-29(18-6-4-3-5-7-18)28-20(19)16-8-10-17(23)11-9-16/h3-13H,1-2H3,(H,26,30)(H,24,25,27). The number of nitrogens with zero attached hydrogens (tertiary/aromatic N) is 4. The highest BCUT2D eigenvalue weighted by atomic mass is 35.5. The van der Waals surface area contributed by atoms with Crippen LogP contribution in [-0.2, 0) is 0 Å². The summed E-state index contributed by atoms with van der Waals surface area (Å²) >= 11 is 6.02. The van der Waals surface area contributed by atoms with Crippen LogP contribution in [0.1, 0.15) is 21.7 Å². The van der Waals surface area contributed by atoms with Crippen LogP contribution in [0.4, 0.5) is 5.95 Å². The van der Waals surface area contributed by atoms with Gasteiger partial charge >= 0.3 is 0 Å². The first kappa shape index (κ1) is 19.6. The van der Waals surface area contributed by atoms with E-state index in [2.05, 4.69) is 25.9 Å². The van der Waals surface area contributed by atoms with Crippen LogP contribution in [-0.4, -0.2) is 25.7 Å². The van der Waals surface area contributed by atoms with E-state index in [-0.39, 0.29) is 5.91 Å². The Kier molecular flexibility index (Phi) is 5.45. The lowest BCUT2D eigenvalue weighted by atomic mass is 10.1. The van der Waals surface area contributed by atoms with Crippen molar-refractivity contribution in [2.24, 2.45) is 0 Å². The van der Waals surface area contributed by atoms with E-state index in [0.717, 1.165) is 22.6 Å². The van der Waals surface area contributed by atoms with Crippen molar-refractivity contribution < 1.29 is 4.79 Å². The van der Waals surface area contributed by atoms with Crippen LogP contribution in [0.2, 0.25) is 5.02 Å². The number of amides is 1. The zero-order chi connectivity index (χ0) is 21.1. The summed E-state index contributed by atoms with van der Waals surface area (Å²) in [7, 11) is 0. The SMILES string of the molecule is Cc1cc(C)nc(NNC(=O)c2cn(-c3ccccc3)nc2-c2ccc(Cl)cc2)n1. The van der Waals surface area contributed by atoms with Gasteiger partial charge in [-0.2, -0.15) is 5.10 Å². The van der Waals surface area contributed by atoms with Crippen molar-refractivity contribution in [1.82, 2.24) is 25.2 Å². The maximum Gasteiger partial charge on any atom is 0.273 e. The van der Waals surface area contributed by atoms with Gasteiger partial charge in [-0.25, -0.2) is 14.6 Å². The van der Waals surface area contributed by atoms with E-state index in [9.17, 15) is 4.79 Å². The summed E-state index contributed by atoms with van der Waals surface area (Å²) in [5.41, 5.74) is 9.61. The molecule has 0 aliphatic carbocycles. The number of rotatable bonds is 5. The summed E-state index contributed by atoms with van der Waals surface area (Å²) in [5, 5.41) is 5.25. The van der Waals surface area contributed by atoms with Crippen molar-refractivity contribution in [3.05, 3.63) is 88.8 Å². The smallest absolute Gasteiger partial charge is 0.267 e. The lowest BCUT2D eigenvalue weighted by Crippen LogP contribution is -2.30. The minimum absolute atomic E-state index is 0.323. The Hall–Kier alpha value is -3.71. The second-order valence-electron chi connectivity index (χ2n) is 6.73. The molecular weight excluding hydrogens is 400 g/mol. The Morgan fingerprint density at radius 1 is 0.967 bits per heavy atom. The number of aryl methyl sites for hydroxylation is 2. The van der Waals surface area contributed by atoms with Crippen LogP contribution in [0.25, 0.3) is 16.9 Å². The molecule has 4 aromatic rings. The first-order valence-electron chi connectivity index (χ1n) is 9.29. The quantitative estimate of drug-likeness (QED) is 0.470. The molecule has 0 spiro atoms. The Labute approximate surface area is 178 Å². The number of para-hydroxylation sites is 1. The molecule has 0 aliphatic heterocycles. The number of hydrogen-bond acceptors (Lipinski definition) is 5. The van der Waals surface area contributed by atoms with Gasteiger partial charge in [0, 0.05) is 28.2 Å². The normalized spacial score (nSPS) is 10.6. The number of carbonyl (C=O) groups is 1. The average Bonchev–Trinajstić information content (AvgIpc) is 3.18. The first-order chi connectivity index (χ1) is 14.5. The second kappa shape index (κ2) is 8.34. The maximum atomic E-state index is 13.0. The van der Waals surface area contributed by atoms with Crippen molar-refractivity contribution in [3.8, 4) is 16.9 Å². The fraction of sp³-hybridized carbons (Fsp3) is 0.0909. The molecule has 8 heteroatoms. The van der Waals surface area contributed by atoms with Gasteiger partial charge in [-0.05, 0) is 44.2 Å². The van der Waals surface area contributed by atoms with Crippen LogP contribution in [0, 0.1) is 13.8 Å². The van der Waals surface area contributed by atoms with Crippen LogP contribution < -0.4 is 10.9 Å². The van der Waals surface area contributed by atoms with Gasteiger partial charge in [0.15, 0.2) is 0 Å². The third-order valence-corrected chi connectivity index (χ3v) is 4.62. The summed E-state index contributed by atoms with van der Waals surface area (Å²) in [4.78, 5) is 21.5. The molecular formula is C22H19ClN6O. The summed E-state index contributed by atoms with van der Waals surface area (Å²) in [6, 6.07) is 18.6. The van der Waals surface area contributed by atoms with E-state index in [1.54, 1.807) is 23.0 Å². The molecule has 0 fully saturated rings. The van der Waals surface area contributed by atoms with Crippen molar-refractivity contribution in [3.63, 3.8) is 0 Å². The fourth-order valence-corrected chi connectivity index (χ4v) is 3.16. The van der Waals surface area contributed by atoms with Crippen LogP contribution >= 0.6 is 11.6 Å². The van der Waals surface area contributed by atoms with Gasteiger partial charge < -0.3 is 0 Å². The zero-order valence-corrected chi connectivity index (χ0v) is 17.2. The van der Waals surface area contributed by atoms with Crippen molar-refractivity contribution in [2.75, 3.05) is 5.43 Å². The number of nitrogens with one attached hydrogen (secondary N) is 2. The van der Waals surface area contributed by atoms with Gasteiger partial charge in [0.05, 0.1) is 11.3 Å². The van der Waals surface area contributed by atoms with Gasteiger partial charge in [-0.3, -0.25) is 15.6 Å². The molecule has 150 valence electrons. The molecule has 0 saturated heterocycles. The third-order valence-electron chi connectivity index (χ3n) is 4.37. The number of anilines is 1. The Balaban J connectivity index is 1.67. The summed E-state index contributed by atoms with van der Waals surface area (Å²) in [5.74, 6) is -0.0331. The molecule has 2 N–H and O–H groups in total. The molecule has 2 aromatic carbocycles. The highest BCUT2D eigenvalue weighted by molar-refractivity contribution is 6.30. The second-order valence-corrected chi connectivity index (χ2v) is 7.17. The lowest BCUT2D eigenvalue weighted by Gasteiger charge is -2.08. The summed E-state index contributed by atoms with van der Waals surface area (Å²) in [6.07, 6.45) is 1.69. The average molecular weight is 419 g/mol. The molecule has 0 radical (unpaired) electrons. The van der Waals surface area contributed by atoms with E-state index in [4.69, 9.17) is 11.6 Å². The number of carbonyl (C=O) groups excluding carboxylic acids is 1. The summed E-state index contributed by atoms with van der Waals surface area (Å²) < 4.78 is 1.67. The monoisotopic (exact) mass is 418 g/mol. The number of halogens is 1. The van der Waals surface area contributed by atoms with Gasteiger partial charge in [0.25, 0.3) is 5.91 Å². The Morgan fingerprint density at radius 2 is 1.63 bits per heavy atom. The Bertz CT molecular complexity index is 1170. The highest BCUT2D eigenvalue weighted by Crippen LogP contribution is 2.25. The van der Waals surface area contributed by atoms with Crippen LogP contribution in [0.15, 0.2) is 66.9 Å². The first-order valence-corrected chi connectivity index (χ1v) is 9.67. The molecule has 0 unspecified atom stereocenters. The predicted molar refractivity (Wildman–Crippen MR) is 117 cm³/mol. The molecule has 7 nitrogen and oxygen atoms in total. The van der Waals surface area contributed by atoms with E-state index in [0.29, 0.717) is 22.2 Å². The molecule has 2 heterocycles. The lowest BCUT2D eigenvalue weighted by molar-refractivity contribution is 0.0963. The molecule has 0 atom stereocenters. The van der Waals surface area contributed by atoms with E-state index in [1.807, 2.05) is 62.4 Å². The minimum atomic E-state index is -0.357. The fourth-order valence-electron chi connectivity index (χ4n) is 3.04. The van der Waals surface area contributed by atoms with Crippen molar-refractivity contribution in [2.45, 2.75) is 13.8 Å². The van der Waals surface area contributed by atoms with Gasteiger partial charge in [-0.15, -0.1) is 0 Å². The molecule has 2 aromatic heterocycles. The van der Waals surface area contributed by atoms with E-state index < -0.39 is 0 Å². The van der Waals surface area contributed by atoms with Gasteiger partial charge in [0.2, 0.25) is 5.95 Å². The Morgan fingerprint density at radius 3 is 2.30 bits per heavy atom. The number of aromatic nitrogens is 4. The zero-order valence-electron chi connectivity index (χ0n) is 16.4. The van der Waals surface area contributed by atoms with Gasteiger partial charge in [-0.1, -0.05) is 41.9 Å². The van der Waals surface area contributed by atoms with E-state index in [1.165, 1.54) is 0 Å². The van der Waals surface area contributed by atoms with Crippen LogP contribution in [0.5, 0.6) is 0 Å². The highest BCUT2D eigenvalue weighted by Gasteiger charge is 2.19. The molecule has 1 amide bonds. The third kappa shape index (κ3) is 4.31. The van der Waals surface area contributed by atoms with Crippen molar-refractivity contribution >= 4 is 23.5 Å². The largest absolute Gasteiger partial charge is 0.273 e. The maximum absolute atomic E-state index is 13.0. The number of hydrogen-bond donors (Lipinski definition) is 2. The number of hydrazine groups is 1. The minimum Gasteiger partial charge on any atom is -0.267 e. The van der Waals surface area contributed by atoms with Crippen LogP contribution in [0.3, 0.4) is 0 Å². The molecule has 0 saturated carbocycles. The predicted octanol–water partition coefficient (Wildman–Crippen LogP) is 4.36. The molecule has 0 aliphatic rings. The number of benzene rings is 2. The van der Waals surface area contributed by atoms with Gasteiger partial charge in [0.1, 0.15) is 5.69 Å². The van der Waals surface area contributed by atoms with Crippen molar-refractivity contribution in [1.29, 1.82) is 0 Å². The topological polar surface area (TPSA) is 84.7 Å². The molecule has 0 bridgehead atoms.